The van der Waals surface area contributed by atoms with Crippen LogP contribution in [0.15, 0.2) is 12.2 Å². The number of hydrogen-bond acceptors (Lipinski definition) is 3. The Morgan fingerprint density at radius 1 is 1.08 bits per heavy atom. The fraction of sp³-hybridized carbons (Fsp3) is 0.667. The van der Waals surface area contributed by atoms with Gasteiger partial charge in [0.05, 0.1) is 0 Å². The summed E-state index contributed by atoms with van der Waals surface area (Å²) in [6.45, 7) is 0. The molecule has 0 aliphatic heterocycles. The molecule has 3 N–H and O–H groups in total. The van der Waals surface area contributed by atoms with Crippen molar-refractivity contribution in [3.05, 3.63) is 12.2 Å². The van der Waals surface area contributed by atoms with E-state index in [1.807, 2.05) is 0 Å². The van der Waals surface area contributed by atoms with Gasteiger partial charge in [-0.25, -0.2) is 0 Å². The van der Waals surface area contributed by atoms with Crippen molar-refractivity contribution in [3.63, 3.8) is 0 Å². The Balaban J connectivity index is 3.64. The molecule has 0 aliphatic rings. The van der Waals surface area contributed by atoms with Gasteiger partial charge in [0.2, 0.25) is 0 Å². The lowest BCUT2D eigenvalue weighted by molar-refractivity contribution is -0.273. The van der Waals surface area contributed by atoms with Gasteiger partial charge in [0.1, 0.15) is 0 Å². The zero-order valence-corrected chi connectivity index (χ0v) is 8.31. The van der Waals surface area contributed by atoms with E-state index in [-0.39, 0.29) is 6.42 Å². The summed E-state index contributed by atoms with van der Waals surface area (Å²) < 4.78 is -1.35. The molecule has 0 heterocycles. The molecule has 0 saturated heterocycles. The molecule has 72 valence electrons. The van der Waals surface area contributed by atoms with E-state index in [2.05, 4.69) is 0 Å². The van der Waals surface area contributed by atoms with Gasteiger partial charge in [0.25, 0.3) is 5.97 Å². The van der Waals surface area contributed by atoms with Crippen molar-refractivity contribution in [2.24, 2.45) is 0 Å². The van der Waals surface area contributed by atoms with Gasteiger partial charge in [-0.1, -0.05) is 40.9 Å². The molecule has 0 aromatic carbocycles. The molecule has 3 nitrogen and oxygen atoms in total. The first kappa shape index (κ1) is 12.5. The quantitative estimate of drug-likeness (QED) is 0.393. The van der Waals surface area contributed by atoms with Gasteiger partial charge in [-0.2, -0.15) is 0 Å². The Kier molecular flexibility index (Phi) is 4.84. The van der Waals surface area contributed by atoms with Crippen LogP contribution in [0.1, 0.15) is 12.8 Å². The first-order valence-corrected chi connectivity index (χ1v) is 4.26. The van der Waals surface area contributed by atoms with E-state index < -0.39 is 9.77 Å². The van der Waals surface area contributed by atoms with Crippen molar-refractivity contribution < 1.29 is 15.3 Å². The summed E-state index contributed by atoms with van der Waals surface area (Å²) in [4.78, 5) is 0. The molecular formula is C6H9Cl3O3. The Labute approximate surface area is 85.2 Å². The van der Waals surface area contributed by atoms with Crippen molar-refractivity contribution in [2.45, 2.75) is 22.6 Å². The van der Waals surface area contributed by atoms with Crippen LogP contribution in [-0.4, -0.2) is 25.1 Å². The van der Waals surface area contributed by atoms with Gasteiger partial charge in [-0.3, -0.25) is 0 Å². The van der Waals surface area contributed by atoms with Crippen LogP contribution >= 0.6 is 34.8 Å². The number of alkyl halides is 3. The topological polar surface area (TPSA) is 60.7 Å². The molecule has 0 bridgehead atoms. The largest absolute Gasteiger partial charge is 0.340 e. The van der Waals surface area contributed by atoms with Crippen LogP contribution in [0.25, 0.3) is 0 Å². The lowest BCUT2D eigenvalue weighted by Crippen LogP contribution is -2.23. The number of allylic oxidation sites excluding steroid dienone is 1. The van der Waals surface area contributed by atoms with Crippen molar-refractivity contribution in [1.29, 1.82) is 0 Å². The fourth-order valence-corrected chi connectivity index (χ4v) is 0.816. The van der Waals surface area contributed by atoms with Crippen LogP contribution in [0.3, 0.4) is 0 Å². The first-order chi connectivity index (χ1) is 5.21. The zero-order chi connectivity index (χ0) is 9.83. The van der Waals surface area contributed by atoms with E-state index in [0.717, 1.165) is 6.08 Å². The predicted molar refractivity (Wildman–Crippen MR) is 48.1 cm³/mol. The average molecular weight is 235 g/mol. The third kappa shape index (κ3) is 10.5. The normalized spacial score (nSPS) is 14.2. The minimum Gasteiger partial charge on any atom is -0.340 e. The lowest BCUT2D eigenvalue weighted by Gasteiger charge is -2.09. The van der Waals surface area contributed by atoms with E-state index in [1.165, 1.54) is 6.08 Å². The standard InChI is InChI=1S/C6H9Cl3O3/c7-5(8,9)3-1-2-4-6(10,11)12/h2,4,10-12H,1,3H2. The Morgan fingerprint density at radius 3 is 1.92 bits per heavy atom. The molecule has 0 rings (SSSR count). The second-order valence-corrected chi connectivity index (χ2v) is 4.76. The van der Waals surface area contributed by atoms with Gasteiger partial charge in [0, 0.05) is 0 Å². The van der Waals surface area contributed by atoms with Crippen molar-refractivity contribution in [3.8, 4) is 0 Å². The molecule has 0 unspecified atom stereocenters. The molecule has 0 amide bonds. The molecule has 0 saturated carbocycles. The molecule has 0 fully saturated rings. The Hall–Kier alpha value is 0.490. The molecule has 12 heavy (non-hydrogen) atoms. The maximum atomic E-state index is 8.37. The molecule has 6 heteroatoms. The van der Waals surface area contributed by atoms with Crippen LogP contribution in [0, 0.1) is 0 Å². The SMILES string of the molecule is OC(O)(O)C=CCCC(Cl)(Cl)Cl. The maximum absolute atomic E-state index is 8.37. The van der Waals surface area contributed by atoms with Gasteiger partial charge < -0.3 is 15.3 Å². The van der Waals surface area contributed by atoms with Crippen molar-refractivity contribution in [2.75, 3.05) is 0 Å². The van der Waals surface area contributed by atoms with Crippen LogP contribution in [0.4, 0.5) is 0 Å². The molecule has 0 aliphatic carbocycles. The molecular weight excluding hydrogens is 226 g/mol. The Bertz CT molecular complexity index is 156. The van der Waals surface area contributed by atoms with Crippen LogP contribution in [-0.2, 0) is 0 Å². The summed E-state index contributed by atoms with van der Waals surface area (Å²) in [7, 11) is 0. The van der Waals surface area contributed by atoms with Gasteiger partial charge >= 0.3 is 0 Å². The molecule has 0 atom stereocenters. The summed E-state index contributed by atoms with van der Waals surface area (Å²) >= 11 is 16.2. The monoisotopic (exact) mass is 234 g/mol. The highest BCUT2D eigenvalue weighted by Gasteiger charge is 2.18. The smallest absolute Gasteiger partial charge is 0.297 e. The highest BCUT2D eigenvalue weighted by atomic mass is 35.6. The molecule has 0 spiro atoms. The summed E-state index contributed by atoms with van der Waals surface area (Å²) in [6.07, 6.45) is 2.68. The first-order valence-electron chi connectivity index (χ1n) is 3.12. The zero-order valence-electron chi connectivity index (χ0n) is 6.04. The van der Waals surface area contributed by atoms with E-state index in [1.54, 1.807) is 0 Å². The lowest BCUT2D eigenvalue weighted by atomic mass is 10.3. The number of aliphatic hydroxyl groups is 3. The van der Waals surface area contributed by atoms with Gasteiger partial charge in [0.15, 0.2) is 3.79 Å². The molecule has 0 radical (unpaired) electrons. The van der Waals surface area contributed by atoms with Crippen molar-refractivity contribution in [1.82, 2.24) is 0 Å². The summed E-state index contributed by atoms with van der Waals surface area (Å²) in [5, 5.41) is 25.1. The van der Waals surface area contributed by atoms with Gasteiger partial charge in [-0.05, 0) is 18.9 Å². The molecule has 0 aromatic heterocycles. The van der Waals surface area contributed by atoms with E-state index in [0.29, 0.717) is 6.42 Å². The van der Waals surface area contributed by atoms with Crippen LogP contribution < -0.4 is 0 Å². The minimum atomic E-state index is -2.78. The van der Waals surface area contributed by atoms with Crippen molar-refractivity contribution >= 4 is 34.8 Å². The third-order valence-electron chi connectivity index (χ3n) is 0.936. The van der Waals surface area contributed by atoms with Crippen LogP contribution in [0.2, 0.25) is 0 Å². The molecule has 0 aromatic rings. The summed E-state index contributed by atoms with van der Waals surface area (Å²) in [5.41, 5.74) is 0. The second kappa shape index (κ2) is 4.65. The van der Waals surface area contributed by atoms with E-state index in [9.17, 15) is 0 Å². The fourth-order valence-electron chi connectivity index (χ4n) is 0.488. The average Bonchev–Trinajstić information content (AvgIpc) is 1.76. The minimum absolute atomic E-state index is 0.240. The summed E-state index contributed by atoms with van der Waals surface area (Å²) in [6, 6.07) is 0. The van der Waals surface area contributed by atoms with E-state index in [4.69, 9.17) is 50.1 Å². The second-order valence-electron chi connectivity index (χ2n) is 2.24. The predicted octanol–water partition coefficient (Wildman–Crippen LogP) is 1.32. The highest BCUT2D eigenvalue weighted by Crippen LogP contribution is 2.31. The van der Waals surface area contributed by atoms with E-state index >= 15 is 0 Å². The van der Waals surface area contributed by atoms with Gasteiger partial charge in [-0.15, -0.1) is 0 Å². The number of rotatable bonds is 3. The maximum Gasteiger partial charge on any atom is 0.297 e. The Morgan fingerprint density at radius 2 is 1.58 bits per heavy atom. The number of hydrogen-bond donors (Lipinski definition) is 3. The summed E-state index contributed by atoms with van der Waals surface area (Å²) in [5.74, 6) is -2.78. The highest BCUT2D eigenvalue weighted by molar-refractivity contribution is 6.67. The third-order valence-corrected chi connectivity index (χ3v) is 1.50. The van der Waals surface area contributed by atoms with Crippen LogP contribution in [0.5, 0.6) is 0 Å². The number of halogens is 3.